The molecule has 2 aromatic carbocycles. The summed E-state index contributed by atoms with van der Waals surface area (Å²) < 4.78 is 21.7. The molecule has 5 nitrogen and oxygen atoms in total. The molecule has 1 saturated carbocycles. The minimum Gasteiger partial charge on any atom is -0.451 e. The number of imidazole rings is 1. The van der Waals surface area contributed by atoms with Crippen LogP contribution in [0.25, 0.3) is 22.7 Å². The molecular weight excluding hydrogens is 431 g/mol. The van der Waals surface area contributed by atoms with Gasteiger partial charge in [0.2, 0.25) is 5.78 Å². The van der Waals surface area contributed by atoms with Gasteiger partial charge in [-0.3, -0.25) is 9.59 Å². The molecule has 0 spiro atoms. The van der Waals surface area contributed by atoms with E-state index in [9.17, 15) is 14.0 Å². The van der Waals surface area contributed by atoms with Crippen molar-refractivity contribution < 1.29 is 18.4 Å². The van der Waals surface area contributed by atoms with Gasteiger partial charge in [0.15, 0.2) is 17.3 Å². The first-order valence-electron chi connectivity index (χ1n) is 11.6. The van der Waals surface area contributed by atoms with Crippen molar-refractivity contribution in [3.8, 4) is 22.7 Å². The first-order valence-corrected chi connectivity index (χ1v) is 11.6. The Morgan fingerprint density at radius 1 is 1.00 bits per heavy atom. The molecule has 6 heteroatoms. The van der Waals surface area contributed by atoms with Crippen molar-refractivity contribution in [2.75, 3.05) is 0 Å². The number of rotatable bonds is 7. The number of hydrogen-bond donors (Lipinski definition) is 0. The van der Waals surface area contributed by atoms with E-state index in [2.05, 4.69) is 9.55 Å². The molecule has 172 valence electrons. The second-order valence-corrected chi connectivity index (χ2v) is 8.81. The number of aromatic nitrogens is 2. The Hall–Kier alpha value is -3.80. The van der Waals surface area contributed by atoms with Crippen molar-refractivity contribution in [2.45, 2.75) is 45.1 Å². The molecule has 5 rings (SSSR count). The van der Waals surface area contributed by atoms with E-state index in [-0.39, 0.29) is 29.6 Å². The highest BCUT2D eigenvalue weighted by atomic mass is 19.1. The van der Waals surface area contributed by atoms with Crippen LogP contribution in [0.15, 0.2) is 71.4 Å². The maximum absolute atomic E-state index is 13.5. The number of halogens is 1. The highest BCUT2D eigenvalue weighted by Crippen LogP contribution is 2.39. The Morgan fingerprint density at radius 2 is 1.71 bits per heavy atom. The molecule has 0 amide bonds. The first-order chi connectivity index (χ1) is 16.5. The van der Waals surface area contributed by atoms with Crippen LogP contribution in [0, 0.1) is 5.82 Å². The maximum Gasteiger partial charge on any atom is 0.202 e. The van der Waals surface area contributed by atoms with Crippen molar-refractivity contribution in [1.82, 2.24) is 9.55 Å². The van der Waals surface area contributed by atoms with Crippen molar-refractivity contribution in [3.63, 3.8) is 0 Å². The van der Waals surface area contributed by atoms with Gasteiger partial charge in [-0.05, 0) is 61.7 Å². The standard InChI is InChI=1S/C28H25FN2O3/c1-18(32)20-8-6-19(7-9-20)16-24(33)25-14-15-26(34-25)28-27(21-10-12-22(29)13-11-21)30-17-31(28)23-4-2-3-5-23/h6-15,17,23H,2-5,16H2,1H3. The van der Waals surface area contributed by atoms with Gasteiger partial charge in [0.25, 0.3) is 0 Å². The minimum atomic E-state index is -0.303. The smallest absolute Gasteiger partial charge is 0.202 e. The molecule has 2 heterocycles. The number of furan rings is 1. The summed E-state index contributed by atoms with van der Waals surface area (Å²) in [4.78, 5) is 29.1. The highest BCUT2D eigenvalue weighted by molar-refractivity contribution is 5.96. The molecule has 0 N–H and O–H groups in total. The third-order valence-corrected chi connectivity index (χ3v) is 6.47. The van der Waals surface area contributed by atoms with Gasteiger partial charge in [0.1, 0.15) is 11.5 Å². The van der Waals surface area contributed by atoms with Crippen LogP contribution in [-0.2, 0) is 6.42 Å². The average Bonchev–Trinajstić information content (AvgIpc) is 3.59. The molecule has 2 aromatic heterocycles. The lowest BCUT2D eigenvalue weighted by Crippen LogP contribution is -2.05. The SMILES string of the molecule is CC(=O)c1ccc(CC(=O)c2ccc(-c3c(-c4ccc(F)cc4)ncn3C3CCCC3)o2)cc1. The van der Waals surface area contributed by atoms with Crippen LogP contribution in [0.3, 0.4) is 0 Å². The zero-order valence-electron chi connectivity index (χ0n) is 19.0. The largest absolute Gasteiger partial charge is 0.451 e. The minimum absolute atomic E-state index is 0.00983. The number of hydrogen-bond acceptors (Lipinski definition) is 4. The maximum atomic E-state index is 13.5. The zero-order chi connectivity index (χ0) is 23.7. The topological polar surface area (TPSA) is 65.1 Å². The van der Waals surface area contributed by atoms with Gasteiger partial charge >= 0.3 is 0 Å². The molecule has 34 heavy (non-hydrogen) atoms. The fourth-order valence-electron chi connectivity index (χ4n) is 4.63. The van der Waals surface area contributed by atoms with E-state index >= 15 is 0 Å². The van der Waals surface area contributed by atoms with Gasteiger partial charge in [-0.1, -0.05) is 37.1 Å². The van der Waals surface area contributed by atoms with Crippen LogP contribution in [0.5, 0.6) is 0 Å². The lowest BCUT2D eigenvalue weighted by Gasteiger charge is -2.15. The lowest BCUT2D eigenvalue weighted by atomic mass is 10.0. The van der Waals surface area contributed by atoms with E-state index in [1.807, 2.05) is 12.4 Å². The molecule has 1 aliphatic rings. The predicted molar refractivity (Wildman–Crippen MR) is 127 cm³/mol. The number of Topliss-reactive ketones (excluding diaryl/α,β-unsaturated/α-hetero) is 2. The highest BCUT2D eigenvalue weighted by Gasteiger charge is 2.26. The molecule has 0 unspecified atom stereocenters. The Morgan fingerprint density at radius 3 is 2.38 bits per heavy atom. The van der Waals surface area contributed by atoms with Crippen LogP contribution < -0.4 is 0 Å². The van der Waals surface area contributed by atoms with E-state index in [1.165, 1.54) is 31.9 Å². The molecule has 0 aliphatic heterocycles. The van der Waals surface area contributed by atoms with Crippen molar-refractivity contribution >= 4 is 11.6 Å². The monoisotopic (exact) mass is 456 g/mol. The van der Waals surface area contributed by atoms with Crippen LogP contribution in [0.4, 0.5) is 4.39 Å². The molecule has 0 bridgehead atoms. The fourth-order valence-corrected chi connectivity index (χ4v) is 4.63. The van der Waals surface area contributed by atoms with Gasteiger partial charge in [-0.15, -0.1) is 0 Å². The summed E-state index contributed by atoms with van der Waals surface area (Å²) in [6, 6.07) is 17.1. The summed E-state index contributed by atoms with van der Waals surface area (Å²) in [5.41, 5.74) is 3.74. The third kappa shape index (κ3) is 4.36. The Balaban J connectivity index is 1.46. The van der Waals surface area contributed by atoms with E-state index < -0.39 is 0 Å². The molecule has 0 radical (unpaired) electrons. The van der Waals surface area contributed by atoms with Crippen LogP contribution >= 0.6 is 0 Å². The van der Waals surface area contributed by atoms with Crippen molar-refractivity contribution in [3.05, 3.63) is 89.7 Å². The number of benzene rings is 2. The number of carbonyl (C=O) groups excluding carboxylic acids is 2. The Kier molecular flexibility index (Phi) is 5.97. The van der Waals surface area contributed by atoms with Gasteiger partial charge in [-0.25, -0.2) is 9.37 Å². The quantitative estimate of drug-likeness (QED) is 0.291. The molecule has 1 aliphatic carbocycles. The molecule has 0 saturated heterocycles. The van der Waals surface area contributed by atoms with Gasteiger partial charge in [0.05, 0.1) is 12.0 Å². The Bertz CT molecular complexity index is 1330. The lowest BCUT2D eigenvalue weighted by molar-refractivity contribution is 0.0966. The summed E-state index contributed by atoms with van der Waals surface area (Å²) in [7, 11) is 0. The van der Waals surface area contributed by atoms with Gasteiger partial charge in [0, 0.05) is 23.6 Å². The van der Waals surface area contributed by atoms with Gasteiger partial charge in [-0.2, -0.15) is 0 Å². The predicted octanol–water partition coefficient (Wildman–Crippen LogP) is 6.69. The summed E-state index contributed by atoms with van der Waals surface area (Å²) in [6.07, 6.45) is 6.46. The zero-order valence-corrected chi connectivity index (χ0v) is 19.0. The second-order valence-electron chi connectivity index (χ2n) is 8.81. The molecule has 1 fully saturated rings. The summed E-state index contributed by atoms with van der Waals surface area (Å²) in [6.45, 7) is 1.51. The molecular formula is C28H25FN2O3. The van der Waals surface area contributed by atoms with E-state index in [4.69, 9.17) is 4.42 Å². The molecule has 4 aromatic rings. The number of carbonyl (C=O) groups is 2. The van der Waals surface area contributed by atoms with Crippen LogP contribution in [0.2, 0.25) is 0 Å². The second kappa shape index (κ2) is 9.21. The van der Waals surface area contributed by atoms with E-state index in [0.29, 0.717) is 23.1 Å². The summed E-state index contributed by atoms with van der Waals surface area (Å²) in [5.74, 6) is 0.387. The molecule has 0 atom stereocenters. The summed E-state index contributed by atoms with van der Waals surface area (Å²) in [5, 5.41) is 0. The third-order valence-electron chi connectivity index (χ3n) is 6.47. The van der Waals surface area contributed by atoms with Crippen molar-refractivity contribution in [2.24, 2.45) is 0 Å². The fraction of sp³-hybridized carbons (Fsp3) is 0.250. The normalized spacial score (nSPS) is 13.9. The number of nitrogens with zero attached hydrogens (tertiary/aromatic N) is 2. The van der Waals surface area contributed by atoms with E-state index in [1.54, 1.807) is 42.5 Å². The van der Waals surface area contributed by atoms with E-state index in [0.717, 1.165) is 29.7 Å². The van der Waals surface area contributed by atoms with Gasteiger partial charge < -0.3 is 8.98 Å². The van der Waals surface area contributed by atoms with Crippen molar-refractivity contribution in [1.29, 1.82) is 0 Å². The Labute approximate surface area is 197 Å². The average molecular weight is 457 g/mol. The summed E-state index contributed by atoms with van der Waals surface area (Å²) >= 11 is 0. The first kappa shape index (κ1) is 22.0. The van der Waals surface area contributed by atoms with Crippen LogP contribution in [0.1, 0.15) is 65.1 Å². The van der Waals surface area contributed by atoms with Crippen LogP contribution in [-0.4, -0.2) is 21.1 Å². The number of ketones is 2.